The highest BCUT2D eigenvalue weighted by atomic mass is 35.5. The molecule has 2 atom stereocenters. The molecule has 0 bridgehead atoms. The Balaban J connectivity index is 0.00000192. The summed E-state index contributed by atoms with van der Waals surface area (Å²) in [6, 6.07) is 3.68. The van der Waals surface area contributed by atoms with Crippen molar-refractivity contribution in [2.75, 3.05) is 20.2 Å². The SMILES string of the molecule is COc1ccc(-c2noc(CC(C)C3CCCNC3)n2)cn1.Cl. The summed E-state index contributed by atoms with van der Waals surface area (Å²) in [6.07, 6.45) is 5.05. The molecule has 126 valence electrons. The number of methoxy groups -OCH3 is 1. The van der Waals surface area contributed by atoms with Crippen LogP contribution in [0.1, 0.15) is 25.7 Å². The minimum absolute atomic E-state index is 0. The third-order valence-corrected chi connectivity index (χ3v) is 4.31. The fraction of sp³-hybridized carbons (Fsp3) is 0.562. The Morgan fingerprint density at radius 2 is 2.30 bits per heavy atom. The molecule has 3 heterocycles. The zero-order valence-corrected chi connectivity index (χ0v) is 14.3. The van der Waals surface area contributed by atoms with Gasteiger partial charge in [-0.1, -0.05) is 12.1 Å². The van der Waals surface area contributed by atoms with E-state index in [-0.39, 0.29) is 12.4 Å². The maximum Gasteiger partial charge on any atom is 0.227 e. The summed E-state index contributed by atoms with van der Waals surface area (Å²) in [5.74, 6) is 3.08. The van der Waals surface area contributed by atoms with Gasteiger partial charge in [-0.25, -0.2) is 4.98 Å². The van der Waals surface area contributed by atoms with E-state index in [2.05, 4.69) is 27.4 Å². The molecule has 3 rings (SSSR count). The van der Waals surface area contributed by atoms with Crippen LogP contribution in [0.15, 0.2) is 22.9 Å². The van der Waals surface area contributed by atoms with Gasteiger partial charge in [0.25, 0.3) is 0 Å². The van der Waals surface area contributed by atoms with Crippen molar-refractivity contribution < 1.29 is 9.26 Å². The summed E-state index contributed by atoms with van der Waals surface area (Å²) in [6.45, 7) is 4.49. The van der Waals surface area contributed by atoms with E-state index in [4.69, 9.17) is 9.26 Å². The van der Waals surface area contributed by atoms with Crippen molar-refractivity contribution in [2.45, 2.75) is 26.2 Å². The lowest BCUT2D eigenvalue weighted by molar-refractivity contribution is 0.257. The Hall–Kier alpha value is -1.66. The first-order valence-electron chi connectivity index (χ1n) is 7.80. The lowest BCUT2D eigenvalue weighted by Gasteiger charge is -2.27. The van der Waals surface area contributed by atoms with Gasteiger partial charge in [0.2, 0.25) is 17.6 Å². The molecule has 1 aliphatic heterocycles. The molecule has 6 nitrogen and oxygen atoms in total. The van der Waals surface area contributed by atoms with Crippen LogP contribution in [0, 0.1) is 11.8 Å². The average molecular weight is 339 g/mol. The summed E-state index contributed by atoms with van der Waals surface area (Å²) in [7, 11) is 1.59. The van der Waals surface area contributed by atoms with Gasteiger partial charge in [0.05, 0.1) is 7.11 Å². The summed E-state index contributed by atoms with van der Waals surface area (Å²) in [5, 5.41) is 7.51. The Kier molecular flexibility index (Phi) is 6.36. The van der Waals surface area contributed by atoms with Crippen molar-refractivity contribution in [2.24, 2.45) is 11.8 Å². The highest BCUT2D eigenvalue weighted by Crippen LogP contribution is 2.24. The van der Waals surface area contributed by atoms with E-state index in [9.17, 15) is 0 Å². The van der Waals surface area contributed by atoms with E-state index in [1.54, 1.807) is 19.4 Å². The minimum Gasteiger partial charge on any atom is -0.481 e. The lowest BCUT2D eigenvalue weighted by atomic mass is 9.85. The molecule has 1 N–H and O–H groups in total. The molecule has 2 unspecified atom stereocenters. The number of hydrogen-bond acceptors (Lipinski definition) is 6. The lowest BCUT2D eigenvalue weighted by Crippen LogP contribution is -2.33. The predicted octanol–water partition coefficient (Wildman–Crippen LogP) is 2.74. The van der Waals surface area contributed by atoms with Gasteiger partial charge in [0.1, 0.15) is 0 Å². The first-order chi connectivity index (χ1) is 10.8. The third-order valence-electron chi connectivity index (χ3n) is 4.31. The van der Waals surface area contributed by atoms with E-state index < -0.39 is 0 Å². The minimum atomic E-state index is 0. The molecule has 23 heavy (non-hydrogen) atoms. The Morgan fingerprint density at radius 3 is 2.96 bits per heavy atom. The molecular formula is C16H23ClN4O2. The standard InChI is InChI=1S/C16H22N4O2.ClH/c1-11(12-4-3-7-17-9-12)8-15-19-16(20-22-15)13-5-6-14(21-2)18-10-13;/h5-6,10-12,17H,3-4,7-9H2,1-2H3;1H. The average Bonchev–Trinajstić information content (AvgIpc) is 3.04. The summed E-state index contributed by atoms with van der Waals surface area (Å²) in [5.41, 5.74) is 0.836. The van der Waals surface area contributed by atoms with Crippen LogP contribution in [0.25, 0.3) is 11.4 Å². The van der Waals surface area contributed by atoms with E-state index >= 15 is 0 Å². The predicted molar refractivity (Wildman–Crippen MR) is 89.8 cm³/mol. The second-order valence-corrected chi connectivity index (χ2v) is 5.89. The molecule has 7 heteroatoms. The first-order valence-corrected chi connectivity index (χ1v) is 7.80. The maximum absolute atomic E-state index is 5.40. The summed E-state index contributed by atoms with van der Waals surface area (Å²) in [4.78, 5) is 8.66. The van der Waals surface area contributed by atoms with Crippen molar-refractivity contribution in [1.82, 2.24) is 20.4 Å². The number of rotatable bonds is 5. The fourth-order valence-corrected chi connectivity index (χ4v) is 2.89. The van der Waals surface area contributed by atoms with Crippen molar-refractivity contribution in [1.29, 1.82) is 0 Å². The summed E-state index contributed by atoms with van der Waals surface area (Å²) >= 11 is 0. The molecule has 1 aliphatic rings. The van der Waals surface area contributed by atoms with Crippen LogP contribution < -0.4 is 10.1 Å². The highest BCUT2D eigenvalue weighted by Gasteiger charge is 2.22. The van der Waals surface area contributed by atoms with E-state index in [1.165, 1.54) is 12.8 Å². The number of nitrogens with one attached hydrogen (secondary N) is 1. The monoisotopic (exact) mass is 338 g/mol. The normalized spacial score (nSPS) is 19.0. The van der Waals surface area contributed by atoms with Crippen molar-refractivity contribution in [3.63, 3.8) is 0 Å². The number of ether oxygens (including phenoxy) is 1. The van der Waals surface area contributed by atoms with Gasteiger partial charge in [0, 0.05) is 24.2 Å². The zero-order valence-electron chi connectivity index (χ0n) is 13.5. The molecule has 0 spiro atoms. The fourth-order valence-electron chi connectivity index (χ4n) is 2.89. The molecule has 2 aromatic heterocycles. The van der Waals surface area contributed by atoms with E-state index in [0.717, 1.165) is 25.1 Å². The van der Waals surface area contributed by atoms with Crippen molar-refractivity contribution in [3.8, 4) is 17.3 Å². The molecule has 0 saturated carbocycles. The van der Waals surface area contributed by atoms with Crippen LogP contribution in [0.2, 0.25) is 0 Å². The Labute approximate surface area is 142 Å². The smallest absolute Gasteiger partial charge is 0.227 e. The molecule has 0 aliphatic carbocycles. The van der Waals surface area contributed by atoms with Crippen LogP contribution in [0.5, 0.6) is 5.88 Å². The van der Waals surface area contributed by atoms with E-state index in [0.29, 0.717) is 29.4 Å². The van der Waals surface area contributed by atoms with Crippen LogP contribution in [0.3, 0.4) is 0 Å². The second kappa shape index (κ2) is 8.26. The van der Waals surface area contributed by atoms with E-state index in [1.807, 2.05) is 6.07 Å². The van der Waals surface area contributed by atoms with Gasteiger partial charge < -0.3 is 14.6 Å². The topological polar surface area (TPSA) is 73.1 Å². The Morgan fingerprint density at radius 1 is 1.43 bits per heavy atom. The van der Waals surface area contributed by atoms with Crippen molar-refractivity contribution in [3.05, 3.63) is 24.2 Å². The van der Waals surface area contributed by atoms with Crippen LogP contribution in [-0.2, 0) is 6.42 Å². The molecule has 0 radical (unpaired) electrons. The number of aromatic nitrogens is 3. The van der Waals surface area contributed by atoms with Crippen molar-refractivity contribution >= 4 is 12.4 Å². The summed E-state index contributed by atoms with van der Waals surface area (Å²) < 4.78 is 10.4. The number of nitrogens with zero attached hydrogens (tertiary/aromatic N) is 3. The number of halogens is 1. The molecular weight excluding hydrogens is 316 g/mol. The Bertz CT molecular complexity index is 596. The molecule has 0 aromatic carbocycles. The maximum atomic E-state index is 5.40. The molecule has 1 fully saturated rings. The second-order valence-electron chi connectivity index (χ2n) is 5.89. The quantitative estimate of drug-likeness (QED) is 0.903. The molecule has 2 aromatic rings. The van der Waals surface area contributed by atoms with Gasteiger partial charge in [-0.3, -0.25) is 0 Å². The van der Waals surface area contributed by atoms with Gasteiger partial charge in [0.15, 0.2) is 0 Å². The van der Waals surface area contributed by atoms with Crippen LogP contribution in [-0.4, -0.2) is 35.3 Å². The number of piperidine rings is 1. The molecule has 0 amide bonds. The third kappa shape index (κ3) is 4.42. The van der Waals surface area contributed by atoms with Gasteiger partial charge in [-0.05, 0) is 43.8 Å². The number of hydrogen-bond donors (Lipinski definition) is 1. The molecule has 1 saturated heterocycles. The first kappa shape index (κ1) is 17.7. The van der Waals surface area contributed by atoms with Crippen LogP contribution >= 0.6 is 12.4 Å². The largest absolute Gasteiger partial charge is 0.481 e. The number of pyridine rings is 1. The van der Waals surface area contributed by atoms with Gasteiger partial charge in [-0.15, -0.1) is 12.4 Å². The highest BCUT2D eigenvalue weighted by molar-refractivity contribution is 5.85. The van der Waals surface area contributed by atoms with Gasteiger partial charge in [-0.2, -0.15) is 4.98 Å². The van der Waals surface area contributed by atoms with Crippen LogP contribution in [0.4, 0.5) is 0 Å². The zero-order chi connectivity index (χ0) is 15.4. The van der Waals surface area contributed by atoms with Gasteiger partial charge >= 0.3 is 0 Å².